The van der Waals surface area contributed by atoms with Gasteiger partial charge in [0.05, 0.1) is 0 Å². The van der Waals surface area contributed by atoms with Gasteiger partial charge in [-0.2, -0.15) is 0 Å². The minimum Gasteiger partial charge on any atom is -0.315 e. The van der Waals surface area contributed by atoms with Crippen molar-refractivity contribution in [1.82, 2.24) is 15.2 Å². The molecule has 2 rings (SSSR count). The maximum Gasteiger partial charge on any atom is 0.304 e. The third kappa shape index (κ3) is 3.68. The van der Waals surface area contributed by atoms with Gasteiger partial charge in [-0.25, -0.2) is 0 Å². The van der Waals surface area contributed by atoms with E-state index in [9.17, 15) is 4.79 Å². The molecule has 0 radical (unpaired) electrons. The molecular weight excluding hydrogens is 258 g/mol. The highest BCUT2D eigenvalue weighted by Crippen LogP contribution is 2.25. The zero-order valence-corrected chi connectivity index (χ0v) is 13.1. The molecule has 0 amide bonds. The number of hydrogen-bond acceptors (Lipinski definition) is 4. The highest BCUT2D eigenvalue weighted by molar-refractivity contribution is 7.07. The number of hydrogen-bond donors (Lipinski definition) is 2. The van der Waals surface area contributed by atoms with Crippen LogP contribution >= 0.6 is 11.3 Å². The Hall–Kier alpha value is -0.650. The summed E-state index contributed by atoms with van der Waals surface area (Å²) in [5, 5.41) is 5.62. The van der Waals surface area contributed by atoms with Crippen LogP contribution in [0, 0.1) is 5.41 Å². The second-order valence-electron chi connectivity index (χ2n) is 6.49. The highest BCUT2D eigenvalue weighted by Gasteiger charge is 2.33. The van der Waals surface area contributed by atoms with E-state index >= 15 is 0 Å². The molecule has 1 aliphatic rings. The van der Waals surface area contributed by atoms with Crippen LogP contribution in [0.3, 0.4) is 0 Å². The molecule has 1 fully saturated rings. The Morgan fingerprint density at radius 1 is 1.47 bits per heavy atom. The largest absolute Gasteiger partial charge is 0.315 e. The first-order valence-corrected chi connectivity index (χ1v) is 7.92. The molecule has 5 heteroatoms. The summed E-state index contributed by atoms with van der Waals surface area (Å²) in [5.41, 5.74) is 1.31. The van der Waals surface area contributed by atoms with Crippen LogP contribution in [0.4, 0.5) is 0 Å². The first-order valence-electron chi connectivity index (χ1n) is 7.04. The second-order valence-corrected chi connectivity index (χ2v) is 7.33. The summed E-state index contributed by atoms with van der Waals surface area (Å²) in [6, 6.07) is 1.06. The quantitative estimate of drug-likeness (QED) is 0.892. The van der Waals surface area contributed by atoms with Crippen LogP contribution in [-0.4, -0.2) is 35.1 Å². The van der Waals surface area contributed by atoms with Gasteiger partial charge in [-0.1, -0.05) is 39.0 Å². The maximum atomic E-state index is 11.2. The van der Waals surface area contributed by atoms with E-state index < -0.39 is 0 Å². The van der Waals surface area contributed by atoms with E-state index in [0.29, 0.717) is 12.1 Å². The van der Waals surface area contributed by atoms with Gasteiger partial charge in [-0.05, 0) is 11.8 Å². The topological polar surface area (TPSA) is 48.1 Å². The van der Waals surface area contributed by atoms with E-state index in [0.717, 1.165) is 31.7 Å². The molecule has 1 saturated heterocycles. The summed E-state index contributed by atoms with van der Waals surface area (Å²) in [5.74, 6) is 0. The summed E-state index contributed by atoms with van der Waals surface area (Å²) in [4.78, 5) is 16.7. The molecule has 108 valence electrons. The second kappa shape index (κ2) is 5.77. The number of nitrogens with zero attached hydrogens (tertiary/aromatic N) is 1. The first-order chi connectivity index (χ1) is 8.90. The van der Waals surface area contributed by atoms with Crippen LogP contribution in [0.5, 0.6) is 0 Å². The van der Waals surface area contributed by atoms with Crippen molar-refractivity contribution in [2.24, 2.45) is 5.41 Å². The Morgan fingerprint density at radius 3 is 2.74 bits per heavy atom. The lowest BCUT2D eigenvalue weighted by atomic mass is 9.84. The van der Waals surface area contributed by atoms with Crippen molar-refractivity contribution in [1.29, 1.82) is 0 Å². The van der Waals surface area contributed by atoms with Gasteiger partial charge in [-0.15, -0.1) is 0 Å². The van der Waals surface area contributed by atoms with Gasteiger partial charge >= 0.3 is 4.87 Å². The van der Waals surface area contributed by atoms with Crippen LogP contribution < -0.4 is 10.2 Å². The van der Waals surface area contributed by atoms with Crippen molar-refractivity contribution >= 4 is 11.3 Å². The predicted molar refractivity (Wildman–Crippen MR) is 80.7 cm³/mol. The zero-order chi connectivity index (χ0) is 14.0. The summed E-state index contributed by atoms with van der Waals surface area (Å²) in [6.45, 7) is 12.0. The first kappa shape index (κ1) is 14.8. The fourth-order valence-corrected chi connectivity index (χ4v) is 3.21. The van der Waals surface area contributed by atoms with Gasteiger partial charge in [0, 0.05) is 42.8 Å². The minimum atomic E-state index is 0.0468. The smallest absolute Gasteiger partial charge is 0.304 e. The molecule has 0 saturated carbocycles. The monoisotopic (exact) mass is 283 g/mol. The van der Waals surface area contributed by atoms with Crippen LogP contribution in [0.15, 0.2) is 10.2 Å². The number of piperazine rings is 1. The Bertz CT molecular complexity index is 460. The SMILES string of the molecule is CCC1CNC(C(C)(C)C)CN1Cc1csc(=O)[nH]1. The number of aromatic amines is 1. The van der Waals surface area contributed by atoms with Gasteiger partial charge in [0.1, 0.15) is 0 Å². The number of H-pyrrole nitrogens is 1. The minimum absolute atomic E-state index is 0.0468. The molecule has 19 heavy (non-hydrogen) atoms. The fourth-order valence-electron chi connectivity index (χ4n) is 2.64. The van der Waals surface area contributed by atoms with Crippen molar-refractivity contribution in [2.45, 2.75) is 52.7 Å². The van der Waals surface area contributed by atoms with Crippen molar-refractivity contribution in [3.05, 3.63) is 20.7 Å². The number of rotatable bonds is 3. The Labute approximate surface area is 119 Å². The Balaban J connectivity index is 2.07. The molecular formula is C14H25N3OS. The summed E-state index contributed by atoms with van der Waals surface area (Å²) in [6.07, 6.45) is 1.14. The third-order valence-corrected chi connectivity index (χ3v) is 4.71. The van der Waals surface area contributed by atoms with Crippen LogP contribution in [0.2, 0.25) is 0 Å². The summed E-state index contributed by atoms with van der Waals surface area (Å²) in [7, 11) is 0. The molecule has 0 spiro atoms. The summed E-state index contributed by atoms with van der Waals surface area (Å²) >= 11 is 1.25. The average Bonchev–Trinajstić information content (AvgIpc) is 2.73. The van der Waals surface area contributed by atoms with Crippen LogP contribution in [0.25, 0.3) is 0 Å². The molecule has 0 bridgehead atoms. The van der Waals surface area contributed by atoms with Crippen LogP contribution in [0.1, 0.15) is 39.8 Å². The standard InChI is InChI=1S/C14H25N3OS/c1-5-11-6-15-12(14(2,3)4)8-17(11)7-10-9-19-13(18)16-10/h9,11-12,15H,5-8H2,1-4H3,(H,16,18). The normalized spacial score (nSPS) is 25.7. The van der Waals surface area contributed by atoms with E-state index in [1.165, 1.54) is 11.3 Å². The third-order valence-electron chi connectivity index (χ3n) is 3.99. The van der Waals surface area contributed by atoms with E-state index in [4.69, 9.17) is 0 Å². The van der Waals surface area contributed by atoms with Gasteiger partial charge in [0.2, 0.25) is 0 Å². The lowest BCUT2D eigenvalue weighted by Gasteiger charge is -2.44. The lowest BCUT2D eigenvalue weighted by molar-refractivity contribution is 0.0766. The van der Waals surface area contributed by atoms with Gasteiger partial charge in [0.15, 0.2) is 0 Å². The molecule has 2 unspecified atom stereocenters. The van der Waals surface area contributed by atoms with E-state index in [-0.39, 0.29) is 10.3 Å². The molecule has 1 aromatic heterocycles. The molecule has 1 aromatic rings. The predicted octanol–water partition coefficient (Wildman–Crippen LogP) is 2.03. The maximum absolute atomic E-state index is 11.2. The highest BCUT2D eigenvalue weighted by atomic mass is 32.1. The molecule has 0 aromatic carbocycles. The van der Waals surface area contributed by atoms with Crippen molar-refractivity contribution in [3.8, 4) is 0 Å². The van der Waals surface area contributed by atoms with Gasteiger partial charge < -0.3 is 10.3 Å². The lowest BCUT2D eigenvalue weighted by Crippen LogP contribution is -2.59. The van der Waals surface area contributed by atoms with Crippen LogP contribution in [-0.2, 0) is 6.54 Å². The van der Waals surface area contributed by atoms with Gasteiger partial charge in [0.25, 0.3) is 0 Å². The summed E-state index contributed by atoms with van der Waals surface area (Å²) < 4.78 is 0. The van der Waals surface area contributed by atoms with Gasteiger partial charge in [-0.3, -0.25) is 9.69 Å². The number of thiazole rings is 1. The molecule has 2 atom stereocenters. The number of aromatic nitrogens is 1. The molecule has 4 nitrogen and oxygen atoms in total. The van der Waals surface area contributed by atoms with E-state index in [2.05, 4.69) is 42.9 Å². The average molecular weight is 283 g/mol. The Morgan fingerprint density at radius 2 is 2.21 bits per heavy atom. The molecule has 2 N–H and O–H groups in total. The zero-order valence-electron chi connectivity index (χ0n) is 12.3. The van der Waals surface area contributed by atoms with Crippen molar-refractivity contribution in [3.63, 3.8) is 0 Å². The molecule has 1 aliphatic heterocycles. The van der Waals surface area contributed by atoms with Crippen molar-refractivity contribution in [2.75, 3.05) is 13.1 Å². The van der Waals surface area contributed by atoms with Crippen molar-refractivity contribution < 1.29 is 0 Å². The fraction of sp³-hybridized carbons (Fsp3) is 0.786. The van der Waals surface area contributed by atoms with E-state index in [1.54, 1.807) is 0 Å². The number of nitrogens with one attached hydrogen (secondary N) is 2. The van der Waals surface area contributed by atoms with E-state index in [1.807, 2.05) is 5.38 Å². The Kier molecular flexibility index (Phi) is 4.48. The molecule has 2 heterocycles. The molecule has 0 aliphatic carbocycles.